The molecule has 0 heteroatoms. The molecule has 0 bridgehead atoms. The lowest BCUT2D eigenvalue weighted by Crippen LogP contribution is -1.92. The van der Waals surface area contributed by atoms with Crippen LogP contribution >= 0.6 is 0 Å². The van der Waals surface area contributed by atoms with Crippen molar-refractivity contribution < 1.29 is 0 Å². The molecular weight excluding hydrogens is 577 g/mol. The molecule has 0 unspecified atom stereocenters. The highest BCUT2D eigenvalue weighted by atomic mass is 14.2. The van der Waals surface area contributed by atoms with E-state index < -0.39 is 0 Å². The average molecular weight is 607 g/mol. The number of fused-ring (bicyclic) bond motifs is 9. The molecule has 0 spiro atoms. The first-order valence-electron chi connectivity index (χ1n) is 16.7. The predicted octanol–water partition coefficient (Wildman–Crippen LogP) is 13.6. The number of hydrogen-bond donors (Lipinski definition) is 0. The summed E-state index contributed by atoms with van der Waals surface area (Å²) in [5, 5.41) is 15.4. The first kappa shape index (κ1) is 26.9. The summed E-state index contributed by atoms with van der Waals surface area (Å²) in [7, 11) is 0. The smallest absolute Gasteiger partial charge is 0.00259 e. The minimum absolute atomic E-state index is 1.23. The van der Waals surface area contributed by atoms with Crippen molar-refractivity contribution in [2.75, 3.05) is 0 Å². The zero-order valence-electron chi connectivity index (χ0n) is 26.3. The Morgan fingerprint density at radius 2 is 0.646 bits per heavy atom. The third kappa shape index (κ3) is 4.03. The molecule has 0 radical (unpaired) electrons. The van der Waals surface area contributed by atoms with Gasteiger partial charge in [0.15, 0.2) is 0 Å². The van der Waals surface area contributed by atoms with E-state index in [0.717, 1.165) is 0 Å². The summed E-state index contributed by atoms with van der Waals surface area (Å²) >= 11 is 0. The second kappa shape index (κ2) is 10.7. The summed E-state index contributed by atoms with van der Waals surface area (Å²) in [4.78, 5) is 0. The lowest BCUT2D eigenvalue weighted by molar-refractivity contribution is 1.65. The molecule has 0 fully saturated rings. The van der Waals surface area contributed by atoms with Crippen molar-refractivity contribution in [3.63, 3.8) is 0 Å². The molecular formula is C48H30. The van der Waals surface area contributed by atoms with Crippen LogP contribution in [0.2, 0.25) is 0 Å². The van der Waals surface area contributed by atoms with Gasteiger partial charge >= 0.3 is 0 Å². The zero-order valence-corrected chi connectivity index (χ0v) is 26.3. The second-order valence-electron chi connectivity index (χ2n) is 12.8. The maximum atomic E-state index is 2.44. The molecule has 0 N–H and O–H groups in total. The van der Waals surface area contributed by atoms with Crippen LogP contribution in [0.3, 0.4) is 0 Å². The van der Waals surface area contributed by atoms with E-state index in [0.29, 0.717) is 0 Å². The summed E-state index contributed by atoms with van der Waals surface area (Å²) in [5.74, 6) is 0. The standard InChI is InChI=1S/C48H30/c1-2-14-32(15-3-1)47-42-22-10-11-23-43(42)48(46-29-33(25-28-44(46)47)36-24-12-16-31-13-4-5-17-35(31)36)34-26-27-41-39-20-7-6-18-37(39)38-19-8-9-21-40(38)45(41)30-34/h1-30H. The van der Waals surface area contributed by atoms with Crippen LogP contribution in [0.4, 0.5) is 0 Å². The van der Waals surface area contributed by atoms with Crippen LogP contribution in [-0.2, 0) is 0 Å². The van der Waals surface area contributed by atoms with Crippen molar-refractivity contribution in [2.45, 2.75) is 0 Å². The Kier molecular flexibility index (Phi) is 5.98. The molecule has 10 aromatic carbocycles. The van der Waals surface area contributed by atoms with Gasteiger partial charge in [-0.25, -0.2) is 0 Å². The molecule has 0 atom stereocenters. The SMILES string of the molecule is c1ccc(-c2c3ccccc3c(-c3ccc4c5ccccc5c5ccccc5c4c3)c3cc(-c4cccc5ccccc45)ccc23)cc1. The van der Waals surface area contributed by atoms with E-state index >= 15 is 0 Å². The highest BCUT2D eigenvalue weighted by molar-refractivity contribution is 6.27. The molecule has 0 heterocycles. The minimum atomic E-state index is 1.23. The lowest BCUT2D eigenvalue weighted by atomic mass is 9.83. The molecule has 48 heavy (non-hydrogen) atoms. The minimum Gasteiger partial charge on any atom is -0.0622 e. The summed E-state index contributed by atoms with van der Waals surface area (Å²) < 4.78 is 0. The van der Waals surface area contributed by atoms with E-state index in [1.807, 2.05) is 0 Å². The number of hydrogen-bond acceptors (Lipinski definition) is 0. The van der Waals surface area contributed by atoms with Crippen LogP contribution in [0.5, 0.6) is 0 Å². The number of benzene rings is 10. The lowest BCUT2D eigenvalue weighted by Gasteiger charge is -2.20. The average Bonchev–Trinajstić information content (AvgIpc) is 3.16. The fraction of sp³-hybridized carbons (Fsp3) is 0. The molecule has 0 nitrogen and oxygen atoms in total. The highest BCUT2D eigenvalue weighted by Crippen LogP contribution is 2.46. The van der Waals surface area contributed by atoms with Gasteiger partial charge in [-0.3, -0.25) is 0 Å². The van der Waals surface area contributed by atoms with Gasteiger partial charge in [0.25, 0.3) is 0 Å². The Labute approximate surface area is 279 Å². The summed E-state index contributed by atoms with van der Waals surface area (Å²) in [6.07, 6.45) is 0. The molecule has 0 aliphatic heterocycles. The molecule has 222 valence electrons. The van der Waals surface area contributed by atoms with Gasteiger partial charge in [0.1, 0.15) is 0 Å². The Morgan fingerprint density at radius 1 is 0.208 bits per heavy atom. The van der Waals surface area contributed by atoms with Crippen LogP contribution in [-0.4, -0.2) is 0 Å². The summed E-state index contributed by atoms with van der Waals surface area (Å²) in [6, 6.07) is 67.1. The Hall–Kier alpha value is -6.24. The van der Waals surface area contributed by atoms with E-state index in [4.69, 9.17) is 0 Å². The monoisotopic (exact) mass is 606 g/mol. The quantitative estimate of drug-likeness (QED) is 0.139. The molecule has 10 aromatic rings. The zero-order chi connectivity index (χ0) is 31.6. The third-order valence-electron chi connectivity index (χ3n) is 10.2. The van der Waals surface area contributed by atoms with Gasteiger partial charge in [-0.15, -0.1) is 0 Å². The fourth-order valence-electron chi connectivity index (χ4n) is 8.11. The van der Waals surface area contributed by atoms with Crippen LogP contribution in [0.1, 0.15) is 0 Å². The Bertz CT molecular complexity index is 2840. The number of rotatable bonds is 3. The van der Waals surface area contributed by atoms with E-state index in [2.05, 4.69) is 182 Å². The second-order valence-corrected chi connectivity index (χ2v) is 12.8. The molecule has 0 aliphatic carbocycles. The van der Waals surface area contributed by atoms with Crippen molar-refractivity contribution in [1.29, 1.82) is 0 Å². The van der Waals surface area contributed by atoms with Gasteiger partial charge < -0.3 is 0 Å². The summed E-state index contributed by atoms with van der Waals surface area (Å²) in [5.41, 5.74) is 7.52. The van der Waals surface area contributed by atoms with Crippen LogP contribution < -0.4 is 0 Å². The molecule has 0 aliphatic rings. The molecule has 0 saturated heterocycles. The Balaban J connectivity index is 1.36. The van der Waals surface area contributed by atoms with Crippen LogP contribution in [0.25, 0.3) is 98.0 Å². The fourth-order valence-corrected chi connectivity index (χ4v) is 8.11. The predicted molar refractivity (Wildman–Crippen MR) is 208 cm³/mol. The first-order chi connectivity index (χ1) is 23.8. The van der Waals surface area contributed by atoms with Crippen LogP contribution in [0.15, 0.2) is 182 Å². The van der Waals surface area contributed by atoms with Gasteiger partial charge in [0.2, 0.25) is 0 Å². The van der Waals surface area contributed by atoms with Crippen molar-refractivity contribution in [1.82, 2.24) is 0 Å². The first-order valence-corrected chi connectivity index (χ1v) is 16.7. The summed E-state index contributed by atoms with van der Waals surface area (Å²) in [6.45, 7) is 0. The van der Waals surface area contributed by atoms with E-state index in [1.165, 1.54) is 98.0 Å². The van der Waals surface area contributed by atoms with Crippen molar-refractivity contribution in [3.05, 3.63) is 182 Å². The molecule has 0 saturated carbocycles. The van der Waals surface area contributed by atoms with Crippen molar-refractivity contribution in [2.24, 2.45) is 0 Å². The van der Waals surface area contributed by atoms with Crippen LogP contribution in [0, 0.1) is 0 Å². The van der Waals surface area contributed by atoms with E-state index in [1.54, 1.807) is 0 Å². The van der Waals surface area contributed by atoms with Crippen molar-refractivity contribution >= 4 is 64.6 Å². The molecule has 0 aromatic heterocycles. The maximum absolute atomic E-state index is 2.44. The normalized spacial score (nSPS) is 11.8. The molecule has 10 rings (SSSR count). The third-order valence-corrected chi connectivity index (χ3v) is 10.2. The largest absolute Gasteiger partial charge is 0.0622 e. The van der Waals surface area contributed by atoms with Gasteiger partial charge in [-0.05, 0) is 110 Å². The van der Waals surface area contributed by atoms with Gasteiger partial charge in [0, 0.05) is 0 Å². The topological polar surface area (TPSA) is 0 Å². The van der Waals surface area contributed by atoms with Gasteiger partial charge in [0.05, 0.1) is 0 Å². The maximum Gasteiger partial charge on any atom is -0.00259 e. The van der Waals surface area contributed by atoms with Gasteiger partial charge in [-0.2, -0.15) is 0 Å². The van der Waals surface area contributed by atoms with Gasteiger partial charge in [-0.1, -0.05) is 170 Å². The molecule has 0 amide bonds. The highest BCUT2D eigenvalue weighted by Gasteiger charge is 2.19. The van der Waals surface area contributed by atoms with Crippen molar-refractivity contribution in [3.8, 4) is 33.4 Å². The van der Waals surface area contributed by atoms with E-state index in [-0.39, 0.29) is 0 Å². The Morgan fingerprint density at radius 3 is 1.33 bits per heavy atom. The van der Waals surface area contributed by atoms with E-state index in [9.17, 15) is 0 Å².